The number of thiophene rings is 1. The quantitative estimate of drug-likeness (QED) is 0.164. The molecule has 0 atom stereocenters. The first-order valence-corrected chi connectivity index (χ1v) is 24.6. The van der Waals surface area contributed by atoms with Gasteiger partial charge in [-0.3, -0.25) is 0 Å². The molecule has 14 rings (SSSR count). The van der Waals surface area contributed by atoms with Gasteiger partial charge < -0.3 is 9.80 Å². The van der Waals surface area contributed by atoms with Gasteiger partial charge in [0.2, 0.25) is 0 Å². The summed E-state index contributed by atoms with van der Waals surface area (Å²) >= 11 is 3.80. The van der Waals surface area contributed by atoms with Crippen LogP contribution in [-0.4, -0.2) is 0 Å². The van der Waals surface area contributed by atoms with Gasteiger partial charge in [0.25, 0.3) is 0 Å². The van der Waals surface area contributed by atoms with Crippen molar-refractivity contribution in [3.8, 4) is 11.1 Å². The third kappa shape index (κ3) is 5.64. The van der Waals surface area contributed by atoms with Crippen LogP contribution in [0.3, 0.4) is 0 Å². The van der Waals surface area contributed by atoms with Crippen molar-refractivity contribution in [1.29, 1.82) is 0 Å². The van der Waals surface area contributed by atoms with Crippen molar-refractivity contribution in [3.05, 3.63) is 265 Å². The second-order valence-corrected chi connectivity index (χ2v) is 19.6. The monoisotopic (exact) mass is 888 g/mol. The molecule has 0 saturated carbocycles. The van der Waals surface area contributed by atoms with Gasteiger partial charge in [0, 0.05) is 74.3 Å². The summed E-state index contributed by atoms with van der Waals surface area (Å²) in [5.74, 6) is 0. The maximum atomic E-state index is 2.50. The molecule has 2 nitrogen and oxygen atoms in total. The van der Waals surface area contributed by atoms with E-state index < -0.39 is 5.41 Å². The van der Waals surface area contributed by atoms with Crippen molar-refractivity contribution in [3.63, 3.8) is 0 Å². The van der Waals surface area contributed by atoms with Gasteiger partial charge in [-0.05, 0) is 106 Å². The standard InChI is InChI=1S/C63H40N2S2/c1-4-20-41(21-5-1)64(42-22-6-2-7-23-42)57-39-51-52-40-58(47-28-11-13-30-49(47)62(52)67-61(51)48-29-12-10-27-46(48)57)65(43-24-8-3-9-25-43)44-36-37-54-50(38-44)45-26-14-15-31-53(45)63(54)55-32-16-18-34-59(55)66-60-35-19-17-33-56(60)63/h1-40H. The van der Waals surface area contributed by atoms with E-state index in [0.717, 1.165) is 34.1 Å². The van der Waals surface area contributed by atoms with Crippen LogP contribution in [-0.2, 0) is 5.41 Å². The Kier molecular flexibility index (Phi) is 8.64. The smallest absolute Gasteiger partial charge is 0.0735 e. The maximum absolute atomic E-state index is 2.50. The molecule has 12 aromatic rings. The number of benzene rings is 11. The van der Waals surface area contributed by atoms with E-state index in [2.05, 4.69) is 252 Å². The Morgan fingerprint density at radius 2 is 0.687 bits per heavy atom. The topological polar surface area (TPSA) is 6.48 Å². The predicted octanol–water partition coefficient (Wildman–Crippen LogP) is 18.1. The summed E-state index contributed by atoms with van der Waals surface area (Å²) in [6, 6.07) is 89.9. The second kappa shape index (κ2) is 15.1. The van der Waals surface area contributed by atoms with Gasteiger partial charge in [0.05, 0.1) is 16.8 Å². The Hall–Kier alpha value is -7.89. The molecule has 0 bridgehead atoms. The van der Waals surface area contributed by atoms with Crippen LogP contribution in [0, 0.1) is 0 Å². The highest BCUT2D eigenvalue weighted by molar-refractivity contribution is 7.99. The molecule has 1 aliphatic heterocycles. The lowest BCUT2D eigenvalue weighted by Crippen LogP contribution is -2.31. The Balaban J connectivity index is 1.04. The number of fused-ring (bicyclic) bond motifs is 16. The van der Waals surface area contributed by atoms with Crippen molar-refractivity contribution in [2.24, 2.45) is 0 Å². The lowest BCUT2D eigenvalue weighted by atomic mass is 9.67. The highest BCUT2D eigenvalue weighted by Crippen LogP contribution is 2.63. The van der Waals surface area contributed by atoms with Crippen molar-refractivity contribution in [2.45, 2.75) is 15.2 Å². The Morgan fingerprint density at radius 1 is 0.284 bits per heavy atom. The lowest BCUT2D eigenvalue weighted by molar-refractivity contribution is 0.722. The number of nitrogens with zero attached hydrogens (tertiary/aromatic N) is 2. The normalized spacial score (nSPS) is 13.1. The Morgan fingerprint density at radius 3 is 1.21 bits per heavy atom. The van der Waals surface area contributed by atoms with Crippen LogP contribution in [0.5, 0.6) is 0 Å². The highest BCUT2D eigenvalue weighted by atomic mass is 32.2. The third-order valence-corrected chi connectivity index (χ3v) is 16.5. The molecule has 0 N–H and O–H groups in total. The highest BCUT2D eigenvalue weighted by Gasteiger charge is 2.50. The molecule has 2 heterocycles. The SMILES string of the molecule is c1ccc(N(c2ccccc2)c2cc3c4cc(N(c5ccccc5)c5ccc6c(c5)-c5ccccc5C65c6ccccc6Sc6ccccc65)c5ccccc5c4sc3c3ccccc23)cc1. The summed E-state index contributed by atoms with van der Waals surface area (Å²) in [6.07, 6.45) is 0. The minimum absolute atomic E-state index is 0.435. The van der Waals surface area contributed by atoms with E-state index in [-0.39, 0.29) is 0 Å². The van der Waals surface area contributed by atoms with Crippen molar-refractivity contribution in [2.75, 3.05) is 9.80 Å². The van der Waals surface area contributed by atoms with E-state index in [0.29, 0.717) is 0 Å². The number of rotatable bonds is 6. The summed E-state index contributed by atoms with van der Waals surface area (Å²) in [5, 5.41) is 7.46. The third-order valence-electron chi connectivity index (χ3n) is 14.1. The fourth-order valence-electron chi connectivity index (χ4n) is 11.3. The number of hydrogen-bond donors (Lipinski definition) is 0. The van der Waals surface area contributed by atoms with Crippen LogP contribution in [0.1, 0.15) is 22.3 Å². The Labute approximate surface area is 397 Å². The van der Waals surface area contributed by atoms with E-state index in [1.807, 2.05) is 23.1 Å². The average molecular weight is 889 g/mol. The molecule has 1 aliphatic carbocycles. The van der Waals surface area contributed by atoms with Gasteiger partial charge in [0.1, 0.15) is 0 Å². The van der Waals surface area contributed by atoms with Gasteiger partial charge in [-0.2, -0.15) is 0 Å². The summed E-state index contributed by atoms with van der Waals surface area (Å²) in [5.41, 5.74) is 14.3. The lowest BCUT2D eigenvalue weighted by Gasteiger charge is -2.39. The van der Waals surface area contributed by atoms with Crippen LogP contribution in [0.4, 0.5) is 34.1 Å². The van der Waals surface area contributed by atoms with Crippen LogP contribution >= 0.6 is 23.1 Å². The summed E-state index contributed by atoms with van der Waals surface area (Å²) in [6.45, 7) is 0. The first kappa shape index (κ1) is 38.4. The first-order chi connectivity index (χ1) is 33.3. The van der Waals surface area contributed by atoms with Crippen molar-refractivity contribution in [1.82, 2.24) is 0 Å². The molecule has 0 unspecified atom stereocenters. The molecule has 67 heavy (non-hydrogen) atoms. The maximum Gasteiger partial charge on any atom is 0.0735 e. The molecule has 314 valence electrons. The fourth-order valence-corrected chi connectivity index (χ4v) is 13.9. The largest absolute Gasteiger partial charge is 0.310 e. The molecular formula is C63H40N2S2. The molecule has 0 fully saturated rings. The summed E-state index contributed by atoms with van der Waals surface area (Å²) in [4.78, 5) is 7.54. The second-order valence-electron chi connectivity index (χ2n) is 17.5. The zero-order valence-corrected chi connectivity index (χ0v) is 37.9. The average Bonchev–Trinajstić information content (AvgIpc) is 3.91. The first-order valence-electron chi connectivity index (χ1n) is 22.9. The number of hydrogen-bond acceptors (Lipinski definition) is 4. The number of para-hydroxylation sites is 3. The van der Waals surface area contributed by atoms with E-state index in [1.54, 1.807) is 0 Å². The van der Waals surface area contributed by atoms with Gasteiger partial charge in [-0.25, -0.2) is 0 Å². The molecule has 0 amide bonds. The fraction of sp³-hybridized carbons (Fsp3) is 0.0159. The summed E-state index contributed by atoms with van der Waals surface area (Å²) in [7, 11) is 0. The molecule has 1 aromatic heterocycles. The zero-order valence-electron chi connectivity index (χ0n) is 36.3. The summed E-state index contributed by atoms with van der Waals surface area (Å²) < 4.78 is 2.60. The predicted molar refractivity (Wildman–Crippen MR) is 285 cm³/mol. The molecule has 11 aromatic carbocycles. The molecule has 0 radical (unpaired) electrons. The van der Waals surface area contributed by atoms with Gasteiger partial charge in [-0.15, -0.1) is 11.3 Å². The Bertz CT molecular complexity index is 3830. The number of anilines is 6. The van der Waals surface area contributed by atoms with E-state index in [9.17, 15) is 0 Å². The van der Waals surface area contributed by atoms with Crippen LogP contribution in [0.25, 0.3) is 52.8 Å². The van der Waals surface area contributed by atoms with Crippen LogP contribution in [0.2, 0.25) is 0 Å². The van der Waals surface area contributed by atoms with Gasteiger partial charge in [-0.1, -0.05) is 182 Å². The van der Waals surface area contributed by atoms with E-state index >= 15 is 0 Å². The minimum Gasteiger partial charge on any atom is -0.310 e. The zero-order chi connectivity index (χ0) is 44.1. The molecule has 2 aliphatic rings. The molecule has 1 spiro atoms. The van der Waals surface area contributed by atoms with E-state index in [1.165, 1.54) is 84.9 Å². The van der Waals surface area contributed by atoms with E-state index in [4.69, 9.17) is 0 Å². The molecular weight excluding hydrogens is 849 g/mol. The van der Waals surface area contributed by atoms with Crippen molar-refractivity contribution >= 4 is 98.9 Å². The van der Waals surface area contributed by atoms with Gasteiger partial charge in [0.15, 0.2) is 0 Å². The molecule has 4 heteroatoms. The minimum atomic E-state index is -0.435. The van der Waals surface area contributed by atoms with Crippen LogP contribution < -0.4 is 9.80 Å². The van der Waals surface area contributed by atoms with Crippen molar-refractivity contribution < 1.29 is 0 Å². The molecule has 0 saturated heterocycles. The van der Waals surface area contributed by atoms with Crippen LogP contribution in [0.15, 0.2) is 252 Å². The van der Waals surface area contributed by atoms with Gasteiger partial charge >= 0.3 is 0 Å².